The Balaban J connectivity index is 2.35. The molecule has 1 saturated heterocycles. The zero-order valence-corrected chi connectivity index (χ0v) is 12.5. The molecule has 1 aliphatic heterocycles. The van der Waals surface area contributed by atoms with E-state index >= 15 is 0 Å². The van der Waals surface area contributed by atoms with E-state index in [1.807, 2.05) is 27.9 Å². The first-order valence-electron chi connectivity index (χ1n) is 6.33. The van der Waals surface area contributed by atoms with E-state index in [-0.39, 0.29) is 17.7 Å². The maximum atomic E-state index is 12.0. The van der Waals surface area contributed by atoms with Gasteiger partial charge in [-0.1, -0.05) is 13.8 Å². The van der Waals surface area contributed by atoms with Gasteiger partial charge < -0.3 is 9.42 Å². The van der Waals surface area contributed by atoms with Gasteiger partial charge in [0.1, 0.15) is 6.04 Å². The topological polar surface area (TPSA) is 79.5 Å². The third-order valence-corrected chi connectivity index (χ3v) is 5.09. The molecule has 8 heteroatoms. The lowest BCUT2D eigenvalue weighted by Crippen LogP contribution is -2.33. The lowest BCUT2D eigenvalue weighted by molar-refractivity contribution is 0.214. The minimum Gasteiger partial charge on any atom is -0.344 e. The average Bonchev–Trinajstić information content (AvgIpc) is 2.87. The van der Waals surface area contributed by atoms with Gasteiger partial charge in [-0.25, -0.2) is 8.42 Å². The summed E-state index contributed by atoms with van der Waals surface area (Å²) in [6.07, 6.45) is 0.653. The van der Waals surface area contributed by atoms with Crippen molar-refractivity contribution in [1.82, 2.24) is 14.4 Å². The van der Waals surface area contributed by atoms with Crippen LogP contribution in [0.5, 0.6) is 0 Å². The first-order valence-corrected chi connectivity index (χ1v) is 7.94. The van der Waals surface area contributed by atoms with E-state index in [1.165, 1.54) is 4.31 Å². The van der Waals surface area contributed by atoms with Crippen LogP contribution in [-0.4, -0.2) is 49.3 Å². The van der Waals surface area contributed by atoms with Crippen molar-refractivity contribution in [3.8, 4) is 0 Å². The molecular formula is C11H20N4O3S. The fraction of sp³-hybridized carbons (Fsp3) is 0.818. The van der Waals surface area contributed by atoms with Gasteiger partial charge >= 0.3 is 0 Å². The second-order valence-electron chi connectivity index (χ2n) is 5.30. The van der Waals surface area contributed by atoms with Gasteiger partial charge in [0, 0.05) is 20.6 Å². The van der Waals surface area contributed by atoms with Crippen LogP contribution in [0.15, 0.2) is 4.52 Å². The summed E-state index contributed by atoms with van der Waals surface area (Å²) in [6, 6.07) is -0.381. The average molecular weight is 288 g/mol. The molecule has 0 aromatic carbocycles. The van der Waals surface area contributed by atoms with Crippen molar-refractivity contribution >= 4 is 16.0 Å². The molecule has 1 atom stereocenters. The van der Waals surface area contributed by atoms with E-state index in [9.17, 15) is 8.42 Å². The highest BCUT2D eigenvalue weighted by atomic mass is 32.2. The van der Waals surface area contributed by atoms with E-state index < -0.39 is 10.0 Å². The van der Waals surface area contributed by atoms with Gasteiger partial charge in [-0.15, -0.1) is 0 Å². The molecule has 19 heavy (non-hydrogen) atoms. The standard InChI is InChI=1S/C11H20N4O3S/c1-8(2)9(15-6-5-7-19(15,16)17)10-12-11(13-18-10)14(3)4/h8-9H,5-7H2,1-4H3/t9-/m0/s1. The van der Waals surface area contributed by atoms with Crippen LogP contribution < -0.4 is 4.90 Å². The first kappa shape index (κ1) is 14.3. The van der Waals surface area contributed by atoms with Gasteiger partial charge in [0.05, 0.1) is 5.75 Å². The molecule has 0 aliphatic carbocycles. The molecule has 2 heterocycles. The molecule has 0 amide bonds. The molecule has 108 valence electrons. The number of anilines is 1. The molecule has 1 aromatic rings. The monoisotopic (exact) mass is 288 g/mol. The zero-order chi connectivity index (χ0) is 14.2. The SMILES string of the molecule is CC(C)[C@@H](c1nc(N(C)C)no1)N1CCCS1(=O)=O. The molecule has 0 spiro atoms. The number of rotatable bonds is 4. The van der Waals surface area contributed by atoms with Crippen LogP contribution in [0.4, 0.5) is 5.95 Å². The highest BCUT2D eigenvalue weighted by Gasteiger charge is 2.39. The summed E-state index contributed by atoms with van der Waals surface area (Å²) in [5, 5.41) is 3.86. The third kappa shape index (κ3) is 2.74. The van der Waals surface area contributed by atoms with Crippen LogP contribution in [0.25, 0.3) is 0 Å². The summed E-state index contributed by atoms with van der Waals surface area (Å²) < 4.78 is 30.8. The predicted molar refractivity (Wildman–Crippen MR) is 71.3 cm³/mol. The van der Waals surface area contributed by atoms with Gasteiger partial charge in [0.25, 0.3) is 5.95 Å². The lowest BCUT2D eigenvalue weighted by atomic mass is 10.0. The van der Waals surface area contributed by atoms with E-state index in [4.69, 9.17) is 4.52 Å². The molecule has 0 unspecified atom stereocenters. The molecule has 1 aromatic heterocycles. The van der Waals surface area contributed by atoms with Gasteiger partial charge in [-0.05, 0) is 17.5 Å². The van der Waals surface area contributed by atoms with Gasteiger partial charge in [-0.3, -0.25) is 0 Å². The van der Waals surface area contributed by atoms with Crippen LogP contribution in [0.1, 0.15) is 32.2 Å². The number of aromatic nitrogens is 2. The highest BCUT2D eigenvalue weighted by molar-refractivity contribution is 7.89. The van der Waals surface area contributed by atoms with Crippen molar-refractivity contribution in [2.75, 3.05) is 31.3 Å². The number of hydrogen-bond acceptors (Lipinski definition) is 6. The van der Waals surface area contributed by atoms with Crippen molar-refractivity contribution in [3.63, 3.8) is 0 Å². The molecule has 0 bridgehead atoms. The van der Waals surface area contributed by atoms with Crippen molar-refractivity contribution < 1.29 is 12.9 Å². The molecule has 7 nitrogen and oxygen atoms in total. The summed E-state index contributed by atoms with van der Waals surface area (Å²) in [5.74, 6) is 1.09. The quantitative estimate of drug-likeness (QED) is 0.818. The Morgan fingerprint density at radius 3 is 2.47 bits per heavy atom. The molecular weight excluding hydrogens is 268 g/mol. The van der Waals surface area contributed by atoms with E-state index in [0.29, 0.717) is 24.8 Å². The van der Waals surface area contributed by atoms with Crippen LogP contribution in [0.2, 0.25) is 0 Å². The highest BCUT2D eigenvalue weighted by Crippen LogP contribution is 2.33. The van der Waals surface area contributed by atoms with E-state index in [2.05, 4.69) is 10.1 Å². The maximum absolute atomic E-state index is 12.0. The Kier molecular flexibility index (Phi) is 3.82. The maximum Gasteiger partial charge on any atom is 0.265 e. The lowest BCUT2D eigenvalue weighted by Gasteiger charge is -2.26. The summed E-state index contributed by atoms with van der Waals surface area (Å²) in [6.45, 7) is 4.43. The largest absolute Gasteiger partial charge is 0.344 e. The van der Waals surface area contributed by atoms with Crippen LogP contribution in [0.3, 0.4) is 0 Å². The minimum atomic E-state index is -3.20. The minimum absolute atomic E-state index is 0.0725. The molecule has 0 saturated carbocycles. The predicted octanol–water partition coefficient (Wildman–Crippen LogP) is 0.868. The summed E-state index contributed by atoms with van der Waals surface area (Å²) in [7, 11) is 0.424. The Bertz CT molecular complexity index is 538. The van der Waals surface area contributed by atoms with Gasteiger partial charge in [0.15, 0.2) is 0 Å². The number of nitrogens with zero attached hydrogens (tertiary/aromatic N) is 4. The fourth-order valence-corrected chi connectivity index (χ4v) is 4.06. The second-order valence-corrected chi connectivity index (χ2v) is 7.34. The first-order chi connectivity index (χ1) is 8.83. The third-order valence-electron chi connectivity index (χ3n) is 3.16. The van der Waals surface area contributed by atoms with Gasteiger partial charge in [-0.2, -0.15) is 9.29 Å². The van der Waals surface area contributed by atoms with E-state index in [0.717, 1.165) is 0 Å². The number of hydrogen-bond donors (Lipinski definition) is 0. The smallest absolute Gasteiger partial charge is 0.265 e. The summed E-state index contributed by atoms with van der Waals surface area (Å²) >= 11 is 0. The Morgan fingerprint density at radius 2 is 2.05 bits per heavy atom. The Labute approximate surface area is 113 Å². The normalized spacial score (nSPS) is 20.9. The van der Waals surface area contributed by atoms with Crippen LogP contribution in [-0.2, 0) is 10.0 Å². The van der Waals surface area contributed by atoms with Crippen LogP contribution >= 0.6 is 0 Å². The molecule has 2 rings (SSSR count). The summed E-state index contributed by atoms with van der Waals surface area (Å²) in [5.41, 5.74) is 0. The molecule has 1 fully saturated rings. The molecule has 0 N–H and O–H groups in total. The zero-order valence-electron chi connectivity index (χ0n) is 11.7. The molecule has 0 radical (unpaired) electrons. The Morgan fingerprint density at radius 1 is 1.37 bits per heavy atom. The fourth-order valence-electron chi connectivity index (χ4n) is 2.24. The Hall–Kier alpha value is -1.15. The molecule has 1 aliphatic rings. The van der Waals surface area contributed by atoms with Crippen molar-refractivity contribution in [2.45, 2.75) is 26.3 Å². The van der Waals surface area contributed by atoms with Crippen molar-refractivity contribution in [1.29, 1.82) is 0 Å². The number of sulfonamides is 1. The van der Waals surface area contributed by atoms with E-state index in [1.54, 1.807) is 4.90 Å². The summed E-state index contributed by atoms with van der Waals surface area (Å²) in [4.78, 5) is 6.01. The van der Waals surface area contributed by atoms with Crippen molar-refractivity contribution in [2.24, 2.45) is 5.92 Å². The van der Waals surface area contributed by atoms with Crippen LogP contribution in [0, 0.1) is 5.92 Å². The van der Waals surface area contributed by atoms with Crippen molar-refractivity contribution in [3.05, 3.63) is 5.89 Å². The second kappa shape index (κ2) is 5.09. The van der Waals surface area contributed by atoms with Gasteiger partial charge in [0.2, 0.25) is 15.9 Å².